The Labute approximate surface area is 123 Å². The monoisotopic (exact) mass is 300 g/mol. The maximum Gasteiger partial charge on any atom is 0.168 e. The molecule has 0 radical (unpaired) electrons. The zero-order valence-corrected chi connectivity index (χ0v) is 12.5. The third kappa shape index (κ3) is 3.31. The third-order valence-electron chi connectivity index (χ3n) is 4.00. The summed E-state index contributed by atoms with van der Waals surface area (Å²) in [4.78, 5) is 12.3. The van der Waals surface area contributed by atoms with Crippen LogP contribution in [0.4, 0.5) is 0 Å². The summed E-state index contributed by atoms with van der Waals surface area (Å²) in [7, 11) is 0. The van der Waals surface area contributed by atoms with Crippen molar-refractivity contribution in [3.8, 4) is 0 Å². The molecule has 0 saturated heterocycles. The fraction of sp³-hybridized carbons (Fsp3) is 0.533. The number of carbonyl (C=O) groups is 1. The van der Waals surface area contributed by atoms with Crippen molar-refractivity contribution in [1.29, 1.82) is 0 Å². The van der Waals surface area contributed by atoms with Crippen molar-refractivity contribution >= 4 is 29.0 Å². The van der Waals surface area contributed by atoms with E-state index in [9.17, 15) is 9.90 Å². The van der Waals surface area contributed by atoms with E-state index in [0.717, 1.165) is 12.8 Å². The maximum absolute atomic E-state index is 12.3. The molecule has 2 rings (SSSR count). The lowest BCUT2D eigenvalue weighted by molar-refractivity contribution is -0.140. The minimum atomic E-state index is -1.18. The Morgan fingerprint density at radius 3 is 2.63 bits per heavy atom. The first kappa shape index (κ1) is 14.8. The first-order valence-corrected chi connectivity index (χ1v) is 7.36. The second-order valence-corrected chi connectivity index (χ2v) is 6.31. The van der Waals surface area contributed by atoms with Gasteiger partial charge in [0.15, 0.2) is 5.78 Å². The molecule has 1 aromatic carbocycles. The Hall–Kier alpha value is -0.570. The minimum absolute atomic E-state index is 0.143. The minimum Gasteiger partial charge on any atom is -0.382 e. The van der Waals surface area contributed by atoms with Gasteiger partial charge >= 0.3 is 0 Å². The zero-order valence-electron chi connectivity index (χ0n) is 11.0. The highest BCUT2D eigenvalue weighted by atomic mass is 35.5. The zero-order chi connectivity index (χ0) is 14.0. The highest BCUT2D eigenvalue weighted by molar-refractivity contribution is 6.42. The molecular formula is C15H18Cl2O2. The largest absolute Gasteiger partial charge is 0.382 e. The summed E-state index contributed by atoms with van der Waals surface area (Å²) in [6.07, 6.45) is 3.03. The van der Waals surface area contributed by atoms with Crippen molar-refractivity contribution < 1.29 is 9.90 Å². The van der Waals surface area contributed by atoms with Crippen molar-refractivity contribution in [3.63, 3.8) is 0 Å². The SMILES string of the molecule is CC1CCC(O)(C(=O)Cc2cccc(Cl)c2Cl)CC1. The Bertz CT molecular complexity index is 477. The van der Waals surface area contributed by atoms with Crippen LogP contribution in [0.25, 0.3) is 0 Å². The van der Waals surface area contributed by atoms with Gasteiger partial charge in [0.25, 0.3) is 0 Å². The summed E-state index contributed by atoms with van der Waals surface area (Å²) in [6.45, 7) is 2.15. The molecule has 1 aromatic rings. The van der Waals surface area contributed by atoms with Crippen LogP contribution in [-0.2, 0) is 11.2 Å². The number of hydrogen-bond donors (Lipinski definition) is 1. The molecule has 0 bridgehead atoms. The molecule has 0 heterocycles. The molecule has 1 aliphatic rings. The molecule has 104 valence electrons. The normalized spacial score (nSPS) is 27.3. The number of rotatable bonds is 3. The molecule has 0 amide bonds. The summed E-state index contributed by atoms with van der Waals surface area (Å²) < 4.78 is 0. The molecule has 0 atom stereocenters. The van der Waals surface area contributed by atoms with Crippen molar-refractivity contribution in [3.05, 3.63) is 33.8 Å². The molecule has 0 aliphatic heterocycles. The molecule has 1 N–H and O–H groups in total. The predicted molar refractivity (Wildman–Crippen MR) is 77.8 cm³/mol. The molecule has 1 fully saturated rings. The van der Waals surface area contributed by atoms with Crippen LogP contribution in [-0.4, -0.2) is 16.5 Å². The van der Waals surface area contributed by atoms with Crippen LogP contribution in [0, 0.1) is 5.92 Å². The van der Waals surface area contributed by atoms with E-state index >= 15 is 0 Å². The number of Topliss-reactive ketones (excluding diaryl/α,β-unsaturated/α-hetero) is 1. The summed E-state index contributed by atoms with van der Waals surface area (Å²) in [5, 5.41) is 11.3. The molecule has 0 unspecified atom stereocenters. The van der Waals surface area contributed by atoms with E-state index in [0.29, 0.717) is 34.4 Å². The topological polar surface area (TPSA) is 37.3 Å². The number of aliphatic hydroxyl groups is 1. The van der Waals surface area contributed by atoms with Gasteiger partial charge in [-0.3, -0.25) is 4.79 Å². The molecule has 4 heteroatoms. The summed E-state index contributed by atoms with van der Waals surface area (Å²) in [5.41, 5.74) is -0.496. The van der Waals surface area contributed by atoms with Crippen molar-refractivity contribution in [1.82, 2.24) is 0 Å². The number of halogens is 2. The molecule has 0 aromatic heterocycles. The molecule has 19 heavy (non-hydrogen) atoms. The van der Waals surface area contributed by atoms with Gasteiger partial charge in [-0.05, 0) is 43.2 Å². The average molecular weight is 301 g/mol. The summed E-state index contributed by atoms with van der Waals surface area (Å²) in [6, 6.07) is 5.24. The summed E-state index contributed by atoms with van der Waals surface area (Å²) in [5.74, 6) is 0.436. The third-order valence-corrected chi connectivity index (χ3v) is 4.86. The quantitative estimate of drug-likeness (QED) is 0.914. The van der Waals surface area contributed by atoms with E-state index in [-0.39, 0.29) is 12.2 Å². The second kappa shape index (κ2) is 5.82. The fourth-order valence-electron chi connectivity index (χ4n) is 2.54. The van der Waals surface area contributed by atoms with Crippen LogP contribution in [0.3, 0.4) is 0 Å². The Balaban J connectivity index is 2.10. The fourth-order valence-corrected chi connectivity index (χ4v) is 2.93. The van der Waals surface area contributed by atoms with Crippen LogP contribution in [0.1, 0.15) is 38.2 Å². The van der Waals surface area contributed by atoms with E-state index in [1.54, 1.807) is 18.2 Å². The number of ketones is 1. The van der Waals surface area contributed by atoms with Crippen LogP contribution < -0.4 is 0 Å². The van der Waals surface area contributed by atoms with E-state index in [1.807, 2.05) is 0 Å². The van der Waals surface area contributed by atoms with E-state index in [2.05, 4.69) is 6.92 Å². The first-order valence-electron chi connectivity index (χ1n) is 6.61. The van der Waals surface area contributed by atoms with Crippen molar-refractivity contribution in [2.75, 3.05) is 0 Å². The number of benzene rings is 1. The summed E-state index contributed by atoms with van der Waals surface area (Å²) >= 11 is 12.0. The first-order chi connectivity index (χ1) is 8.92. The van der Waals surface area contributed by atoms with Gasteiger partial charge in [0.2, 0.25) is 0 Å². The van der Waals surface area contributed by atoms with Crippen molar-refractivity contribution in [2.45, 2.75) is 44.6 Å². The van der Waals surface area contributed by atoms with E-state index in [4.69, 9.17) is 23.2 Å². The highest BCUT2D eigenvalue weighted by Crippen LogP contribution is 2.34. The number of carbonyl (C=O) groups excluding carboxylic acids is 1. The van der Waals surface area contributed by atoms with Crippen LogP contribution in [0.2, 0.25) is 10.0 Å². The lowest BCUT2D eigenvalue weighted by Crippen LogP contribution is -2.42. The Morgan fingerprint density at radius 2 is 2.00 bits per heavy atom. The van der Waals surface area contributed by atoms with E-state index < -0.39 is 5.60 Å². The van der Waals surface area contributed by atoms with Gasteiger partial charge in [-0.2, -0.15) is 0 Å². The second-order valence-electron chi connectivity index (χ2n) is 5.53. The Kier molecular flexibility index (Phi) is 4.54. The van der Waals surface area contributed by atoms with Gasteiger partial charge in [-0.25, -0.2) is 0 Å². The standard InChI is InChI=1S/C15H18Cl2O2/c1-10-5-7-15(19,8-6-10)13(18)9-11-3-2-4-12(16)14(11)17/h2-4,10,19H,5-9H2,1H3. The van der Waals surface area contributed by atoms with Gasteiger partial charge in [-0.15, -0.1) is 0 Å². The van der Waals surface area contributed by atoms with Crippen LogP contribution in [0.5, 0.6) is 0 Å². The molecular weight excluding hydrogens is 283 g/mol. The van der Waals surface area contributed by atoms with Gasteiger partial charge in [-0.1, -0.05) is 42.3 Å². The highest BCUT2D eigenvalue weighted by Gasteiger charge is 2.38. The molecule has 0 spiro atoms. The van der Waals surface area contributed by atoms with Gasteiger partial charge in [0.05, 0.1) is 10.0 Å². The lowest BCUT2D eigenvalue weighted by atomic mass is 9.76. The average Bonchev–Trinajstić information content (AvgIpc) is 2.38. The van der Waals surface area contributed by atoms with E-state index in [1.165, 1.54) is 0 Å². The van der Waals surface area contributed by atoms with Crippen LogP contribution >= 0.6 is 23.2 Å². The lowest BCUT2D eigenvalue weighted by Gasteiger charge is -2.33. The predicted octanol–water partition coefficient (Wildman–Crippen LogP) is 4.05. The molecule has 1 aliphatic carbocycles. The van der Waals surface area contributed by atoms with Gasteiger partial charge < -0.3 is 5.11 Å². The van der Waals surface area contributed by atoms with Crippen LogP contribution in [0.15, 0.2) is 18.2 Å². The molecule has 1 saturated carbocycles. The van der Waals surface area contributed by atoms with Crippen molar-refractivity contribution in [2.24, 2.45) is 5.92 Å². The maximum atomic E-state index is 12.3. The smallest absolute Gasteiger partial charge is 0.168 e. The molecule has 2 nitrogen and oxygen atoms in total. The van der Waals surface area contributed by atoms with Gasteiger partial charge in [0, 0.05) is 6.42 Å². The Morgan fingerprint density at radius 1 is 1.37 bits per heavy atom. The number of hydrogen-bond acceptors (Lipinski definition) is 2. The van der Waals surface area contributed by atoms with Gasteiger partial charge in [0.1, 0.15) is 5.60 Å².